The van der Waals surface area contributed by atoms with Gasteiger partial charge in [0.15, 0.2) is 11.6 Å². The van der Waals surface area contributed by atoms with Crippen molar-refractivity contribution in [2.75, 3.05) is 12.9 Å². The Morgan fingerprint density at radius 2 is 1.93 bits per heavy atom. The van der Waals surface area contributed by atoms with Gasteiger partial charge in [0, 0.05) is 10.6 Å². The van der Waals surface area contributed by atoms with Crippen LogP contribution in [-0.4, -0.2) is 33.8 Å². The highest BCUT2D eigenvalue weighted by Gasteiger charge is 2.14. The summed E-state index contributed by atoms with van der Waals surface area (Å²) in [7, 11) is 1.58. The van der Waals surface area contributed by atoms with E-state index in [9.17, 15) is 4.79 Å². The lowest BCUT2D eigenvalue weighted by Crippen LogP contribution is -2.02. The number of nitrogens with one attached hydrogen (secondary N) is 1. The number of aromatic amines is 1. The van der Waals surface area contributed by atoms with E-state index in [2.05, 4.69) is 15.2 Å². The molecule has 0 atom stereocenters. The Morgan fingerprint density at radius 3 is 2.75 bits per heavy atom. The zero-order valence-corrected chi connectivity index (χ0v) is 16.6. The van der Waals surface area contributed by atoms with E-state index in [1.54, 1.807) is 25.3 Å². The maximum absolute atomic E-state index is 12.6. The van der Waals surface area contributed by atoms with E-state index in [1.165, 1.54) is 11.8 Å². The molecule has 4 aromatic rings. The standard InChI is InChI=1S/C21H16ClN3O2S/c1-27-19-9-8-16(22)11-17(19)20-23-21(25-24-20)28-12-18(26)15-7-6-13-4-2-3-5-14(13)10-15/h2-11H,12H2,1H3,(H,23,24,25). The zero-order valence-electron chi connectivity index (χ0n) is 15.0. The van der Waals surface area contributed by atoms with E-state index in [0.29, 0.717) is 27.3 Å². The first-order chi connectivity index (χ1) is 13.6. The lowest BCUT2D eigenvalue weighted by molar-refractivity contribution is 0.102. The van der Waals surface area contributed by atoms with Gasteiger partial charge >= 0.3 is 0 Å². The van der Waals surface area contributed by atoms with E-state index >= 15 is 0 Å². The molecule has 3 aromatic carbocycles. The van der Waals surface area contributed by atoms with Crippen LogP contribution in [-0.2, 0) is 0 Å². The third-order valence-electron chi connectivity index (χ3n) is 4.29. The molecule has 140 valence electrons. The van der Waals surface area contributed by atoms with E-state index in [-0.39, 0.29) is 11.5 Å². The number of hydrogen-bond acceptors (Lipinski definition) is 5. The maximum Gasteiger partial charge on any atom is 0.209 e. The topological polar surface area (TPSA) is 67.9 Å². The van der Waals surface area contributed by atoms with Crippen LogP contribution in [0.3, 0.4) is 0 Å². The molecule has 0 unspecified atom stereocenters. The van der Waals surface area contributed by atoms with Crippen molar-refractivity contribution in [2.45, 2.75) is 5.16 Å². The van der Waals surface area contributed by atoms with Gasteiger partial charge in [0.2, 0.25) is 5.16 Å². The normalized spacial score (nSPS) is 10.9. The summed E-state index contributed by atoms with van der Waals surface area (Å²) < 4.78 is 5.35. The molecule has 0 fully saturated rings. The minimum absolute atomic E-state index is 0.0300. The molecule has 28 heavy (non-hydrogen) atoms. The van der Waals surface area contributed by atoms with Gasteiger partial charge in [-0.3, -0.25) is 9.89 Å². The first kappa shape index (κ1) is 18.5. The molecule has 0 aliphatic rings. The van der Waals surface area contributed by atoms with Gasteiger partial charge in [-0.25, -0.2) is 4.98 Å². The molecule has 1 heterocycles. The van der Waals surface area contributed by atoms with Crippen molar-refractivity contribution in [3.05, 3.63) is 71.2 Å². The highest BCUT2D eigenvalue weighted by Crippen LogP contribution is 2.31. The fourth-order valence-corrected chi connectivity index (χ4v) is 3.74. The Labute approximate surface area is 171 Å². The number of carbonyl (C=O) groups is 1. The molecule has 0 saturated heterocycles. The van der Waals surface area contributed by atoms with Crippen LogP contribution in [0.25, 0.3) is 22.2 Å². The van der Waals surface area contributed by atoms with Gasteiger partial charge < -0.3 is 4.74 Å². The number of carbonyl (C=O) groups excluding carboxylic acids is 1. The highest BCUT2D eigenvalue weighted by molar-refractivity contribution is 7.99. The van der Waals surface area contributed by atoms with Crippen LogP contribution in [0.15, 0.2) is 65.8 Å². The molecule has 5 nitrogen and oxygen atoms in total. The summed E-state index contributed by atoms with van der Waals surface area (Å²) in [5.74, 6) is 1.47. The summed E-state index contributed by atoms with van der Waals surface area (Å²) in [6, 6.07) is 19.0. The van der Waals surface area contributed by atoms with Gasteiger partial charge in [0.05, 0.1) is 18.4 Å². The van der Waals surface area contributed by atoms with Crippen molar-refractivity contribution in [2.24, 2.45) is 0 Å². The summed E-state index contributed by atoms with van der Waals surface area (Å²) in [6.45, 7) is 0. The van der Waals surface area contributed by atoms with Gasteiger partial charge in [-0.15, -0.1) is 5.10 Å². The number of methoxy groups -OCH3 is 1. The number of ketones is 1. The second-order valence-corrected chi connectivity index (χ2v) is 7.46. The van der Waals surface area contributed by atoms with Gasteiger partial charge in [-0.1, -0.05) is 59.8 Å². The molecular formula is C21H16ClN3O2S. The van der Waals surface area contributed by atoms with Gasteiger partial charge in [-0.2, -0.15) is 0 Å². The number of benzene rings is 3. The smallest absolute Gasteiger partial charge is 0.209 e. The predicted molar refractivity (Wildman–Crippen MR) is 112 cm³/mol. The number of fused-ring (bicyclic) bond motifs is 1. The number of halogens is 1. The number of ether oxygens (including phenoxy) is 1. The van der Waals surface area contributed by atoms with E-state index in [1.807, 2.05) is 42.5 Å². The minimum Gasteiger partial charge on any atom is -0.496 e. The average molecular weight is 410 g/mol. The summed E-state index contributed by atoms with van der Waals surface area (Å²) in [5, 5.41) is 10.3. The first-order valence-electron chi connectivity index (χ1n) is 8.55. The van der Waals surface area contributed by atoms with Crippen molar-refractivity contribution in [3.8, 4) is 17.1 Å². The van der Waals surface area contributed by atoms with Crippen LogP contribution >= 0.6 is 23.4 Å². The van der Waals surface area contributed by atoms with Crippen LogP contribution in [0.5, 0.6) is 5.75 Å². The Morgan fingerprint density at radius 1 is 1.11 bits per heavy atom. The summed E-state index contributed by atoms with van der Waals surface area (Å²) in [4.78, 5) is 17.0. The largest absolute Gasteiger partial charge is 0.496 e. The summed E-state index contributed by atoms with van der Waals surface area (Å²) in [6.07, 6.45) is 0. The van der Waals surface area contributed by atoms with Crippen LogP contribution in [0.4, 0.5) is 0 Å². The van der Waals surface area contributed by atoms with Crippen molar-refractivity contribution < 1.29 is 9.53 Å². The second kappa shape index (κ2) is 8.04. The number of thioether (sulfide) groups is 1. The molecule has 0 aliphatic carbocycles. The van der Waals surface area contributed by atoms with Crippen molar-refractivity contribution >= 4 is 39.9 Å². The summed E-state index contributed by atoms with van der Waals surface area (Å²) >= 11 is 7.36. The molecule has 0 spiro atoms. The third kappa shape index (κ3) is 3.88. The molecule has 0 amide bonds. The third-order valence-corrected chi connectivity index (χ3v) is 5.37. The number of nitrogens with zero attached hydrogens (tertiary/aromatic N) is 2. The molecule has 1 aromatic heterocycles. The molecule has 0 radical (unpaired) electrons. The van der Waals surface area contributed by atoms with Crippen molar-refractivity contribution in [1.29, 1.82) is 0 Å². The molecule has 0 saturated carbocycles. The van der Waals surface area contributed by atoms with Gasteiger partial charge in [-0.05, 0) is 35.0 Å². The monoisotopic (exact) mass is 409 g/mol. The Balaban J connectivity index is 1.48. The van der Waals surface area contributed by atoms with E-state index < -0.39 is 0 Å². The molecule has 1 N–H and O–H groups in total. The molecule has 0 bridgehead atoms. The van der Waals surface area contributed by atoms with Crippen LogP contribution in [0, 0.1) is 0 Å². The molecule has 0 aliphatic heterocycles. The lowest BCUT2D eigenvalue weighted by atomic mass is 10.1. The van der Waals surface area contributed by atoms with Crippen LogP contribution in [0.2, 0.25) is 5.02 Å². The SMILES string of the molecule is COc1ccc(Cl)cc1-c1nc(SCC(=O)c2ccc3ccccc3c2)n[nH]1. The Hall–Kier alpha value is -2.83. The average Bonchev–Trinajstić information content (AvgIpc) is 3.20. The van der Waals surface area contributed by atoms with E-state index in [4.69, 9.17) is 16.3 Å². The van der Waals surface area contributed by atoms with Gasteiger partial charge in [0.1, 0.15) is 5.75 Å². The molecular weight excluding hydrogens is 394 g/mol. The number of rotatable bonds is 6. The molecule has 7 heteroatoms. The van der Waals surface area contributed by atoms with Crippen LogP contribution < -0.4 is 4.74 Å². The van der Waals surface area contributed by atoms with Crippen LogP contribution in [0.1, 0.15) is 10.4 Å². The fraction of sp³-hybridized carbons (Fsp3) is 0.0952. The second-order valence-electron chi connectivity index (χ2n) is 6.08. The Bertz CT molecular complexity index is 1160. The van der Waals surface area contributed by atoms with Crippen molar-refractivity contribution in [1.82, 2.24) is 15.2 Å². The summed E-state index contributed by atoms with van der Waals surface area (Å²) in [5.41, 5.74) is 1.40. The number of aromatic nitrogens is 3. The molecule has 4 rings (SSSR count). The van der Waals surface area contributed by atoms with E-state index in [0.717, 1.165) is 16.3 Å². The zero-order chi connectivity index (χ0) is 19.5. The van der Waals surface area contributed by atoms with Crippen molar-refractivity contribution in [3.63, 3.8) is 0 Å². The quantitative estimate of drug-likeness (QED) is 0.347. The minimum atomic E-state index is 0.0300. The predicted octanol–water partition coefficient (Wildman–Crippen LogP) is 5.26. The lowest BCUT2D eigenvalue weighted by Gasteiger charge is -2.05. The Kier molecular flexibility index (Phi) is 5.32. The van der Waals surface area contributed by atoms with Gasteiger partial charge in [0.25, 0.3) is 0 Å². The maximum atomic E-state index is 12.6. The first-order valence-corrected chi connectivity index (χ1v) is 9.91. The number of hydrogen-bond donors (Lipinski definition) is 1. The number of Topliss-reactive ketones (excluding diaryl/α,β-unsaturated/α-hetero) is 1. The number of H-pyrrole nitrogens is 1. The highest BCUT2D eigenvalue weighted by atomic mass is 35.5. The fourth-order valence-electron chi connectivity index (χ4n) is 2.87.